The minimum atomic E-state index is -4.56. The summed E-state index contributed by atoms with van der Waals surface area (Å²) in [5.74, 6) is 0.322. The molecule has 1 aliphatic heterocycles. The van der Waals surface area contributed by atoms with Crippen LogP contribution in [0.15, 0.2) is 53.1 Å². The lowest BCUT2D eigenvalue weighted by molar-refractivity contribution is -0.184. The van der Waals surface area contributed by atoms with E-state index in [-0.39, 0.29) is 18.7 Å². The topological polar surface area (TPSA) is 95.7 Å². The molecule has 12 heteroatoms. The summed E-state index contributed by atoms with van der Waals surface area (Å²) in [4.78, 5) is 16.8. The van der Waals surface area contributed by atoms with E-state index in [9.17, 15) is 18.0 Å². The van der Waals surface area contributed by atoms with E-state index in [0.29, 0.717) is 29.1 Å². The molecule has 0 saturated carbocycles. The smallest absolute Gasteiger partial charge is 0.408 e. The monoisotopic (exact) mass is 534 g/mol. The molecule has 4 heterocycles. The fraction of sp³-hybridized carbons (Fsp3) is 0.273. The molecule has 1 aliphatic rings. The average molecular weight is 535 g/mol. The number of carbonyl (C=O) groups is 1. The van der Waals surface area contributed by atoms with Gasteiger partial charge in [0.1, 0.15) is 11.7 Å². The molecule has 4 aromatic rings. The summed E-state index contributed by atoms with van der Waals surface area (Å²) >= 11 is 3.48. The molecular formula is C22H18BrF3N6O2. The van der Waals surface area contributed by atoms with Crippen molar-refractivity contribution in [1.82, 2.24) is 29.8 Å². The maximum atomic E-state index is 14.2. The Hall–Kier alpha value is -3.25. The zero-order valence-electron chi connectivity index (χ0n) is 17.5. The lowest BCUT2D eigenvalue weighted by Gasteiger charge is -2.30. The second kappa shape index (κ2) is 8.51. The SMILES string of the molecule is O=C(O)N[C@H]1CCN([C@H](c2ccc3nnc(-c4ccc5cccc(Br)c5n4)n3c2)C(F)(F)F)C1. The predicted molar refractivity (Wildman–Crippen MR) is 121 cm³/mol. The Kier molecular flexibility index (Phi) is 5.64. The van der Waals surface area contributed by atoms with Gasteiger partial charge in [-0.3, -0.25) is 9.30 Å². The van der Waals surface area contributed by atoms with E-state index < -0.39 is 24.4 Å². The van der Waals surface area contributed by atoms with Gasteiger partial charge in [-0.05, 0) is 46.1 Å². The highest BCUT2D eigenvalue weighted by Gasteiger charge is 2.47. The third-order valence-corrected chi connectivity index (χ3v) is 6.50. The van der Waals surface area contributed by atoms with Gasteiger partial charge in [-0.25, -0.2) is 9.78 Å². The number of halogens is 4. The normalized spacial score (nSPS) is 17.9. The van der Waals surface area contributed by atoms with Crippen LogP contribution in [-0.4, -0.2) is 61.0 Å². The van der Waals surface area contributed by atoms with Gasteiger partial charge in [-0.1, -0.05) is 24.3 Å². The third-order valence-electron chi connectivity index (χ3n) is 5.86. The summed E-state index contributed by atoms with van der Waals surface area (Å²) in [6, 6.07) is 9.69. The van der Waals surface area contributed by atoms with Crippen molar-refractivity contribution >= 4 is 38.6 Å². The van der Waals surface area contributed by atoms with E-state index in [1.54, 1.807) is 6.07 Å². The highest BCUT2D eigenvalue weighted by Crippen LogP contribution is 2.39. The van der Waals surface area contributed by atoms with E-state index >= 15 is 0 Å². The number of pyridine rings is 2. The standard InChI is InChI=1S/C22H18BrF3N6O2/c23-15-3-1-2-12-4-6-16(28-18(12)15)20-30-29-17-7-5-13(10-32(17)20)19(22(24,25)26)31-9-8-14(11-31)27-21(33)34/h1-7,10,14,19,27H,8-9,11H2,(H,33,34)/t14-,19+/m0/s1. The number of fused-ring (bicyclic) bond motifs is 2. The highest BCUT2D eigenvalue weighted by molar-refractivity contribution is 9.10. The van der Waals surface area contributed by atoms with Crippen LogP contribution in [0.4, 0.5) is 18.0 Å². The van der Waals surface area contributed by atoms with Gasteiger partial charge < -0.3 is 10.4 Å². The maximum absolute atomic E-state index is 14.2. The quantitative estimate of drug-likeness (QED) is 0.395. The second-order valence-corrected chi connectivity index (χ2v) is 8.95. The Morgan fingerprint density at radius 1 is 1.18 bits per heavy atom. The van der Waals surface area contributed by atoms with E-state index in [1.807, 2.05) is 24.3 Å². The minimum absolute atomic E-state index is 0.0130. The summed E-state index contributed by atoms with van der Waals surface area (Å²) in [6.07, 6.45) is -4.13. The van der Waals surface area contributed by atoms with Crippen LogP contribution in [-0.2, 0) is 0 Å². The third kappa shape index (κ3) is 4.18. The van der Waals surface area contributed by atoms with Crippen LogP contribution < -0.4 is 5.32 Å². The summed E-state index contributed by atoms with van der Waals surface area (Å²) < 4.78 is 44.8. The van der Waals surface area contributed by atoms with E-state index in [0.717, 1.165) is 9.86 Å². The molecular weight excluding hydrogens is 517 g/mol. The fourth-order valence-electron chi connectivity index (χ4n) is 4.40. The lowest BCUT2D eigenvalue weighted by Crippen LogP contribution is -2.40. The first kappa shape index (κ1) is 22.5. The van der Waals surface area contributed by atoms with Gasteiger partial charge in [0.05, 0.1) is 5.52 Å². The summed E-state index contributed by atoms with van der Waals surface area (Å²) in [5, 5.41) is 20.4. The van der Waals surface area contributed by atoms with Crippen molar-refractivity contribution in [3.05, 3.63) is 58.7 Å². The van der Waals surface area contributed by atoms with Crippen LogP contribution in [0.1, 0.15) is 18.0 Å². The molecule has 1 fully saturated rings. The molecule has 5 rings (SSSR count). The minimum Gasteiger partial charge on any atom is -0.465 e. The van der Waals surface area contributed by atoms with Gasteiger partial charge >= 0.3 is 12.3 Å². The summed E-state index contributed by atoms with van der Waals surface area (Å²) in [7, 11) is 0. The zero-order valence-corrected chi connectivity index (χ0v) is 19.1. The van der Waals surface area contributed by atoms with Gasteiger partial charge in [0.25, 0.3) is 0 Å². The average Bonchev–Trinajstić information content (AvgIpc) is 3.39. The molecule has 8 nitrogen and oxygen atoms in total. The molecule has 0 spiro atoms. The first-order valence-corrected chi connectivity index (χ1v) is 11.2. The molecule has 0 radical (unpaired) electrons. The van der Waals surface area contributed by atoms with Crippen LogP contribution in [0, 0.1) is 0 Å². The lowest BCUT2D eigenvalue weighted by atomic mass is 10.1. The Labute approximate surface area is 199 Å². The number of rotatable bonds is 4. The molecule has 0 unspecified atom stereocenters. The number of hydrogen-bond donors (Lipinski definition) is 2. The molecule has 1 aromatic carbocycles. The van der Waals surface area contributed by atoms with Gasteiger partial charge in [-0.2, -0.15) is 13.2 Å². The van der Waals surface area contributed by atoms with Crippen LogP contribution in [0.5, 0.6) is 0 Å². The second-order valence-electron chi connectivity index (χ2n) is 8.10. The predicted octanol–water partition coefficient (Wildman–Crippen LogP) is 4.65. The van der Waals surface area contributed by atoms with Crippen molar-refractivity contribution in [3.63, 3.8) is 0 Å². The van der Waals surface area contributed by atoms with Gasteiger partial charge in [-0.15, -0.1) is 10.2 Å². The van der Waals surface area contributed by atoms with Gasteiger partial charge in [0, 0.05) is 35.2 Å². The van der Waals surface area contributed by atoms with Crippen molar-refractivity contribution in [1.29, 1.82) is 0 Å². The van der Waals surface area contributed by atoms with E-state index in [2.05, 4.69) is 36.4 Å². The molecule has 1 amide bonds. The van der Waals surface area contributed by atoms with Crippen LogP contribution in [0.3, 0.4) is 0 Å². The van der Waals surface area contributed by atoms with Crippen LogP contribution in [0.25, 0.3) is 28.1 Å². The highest BCUT2D eigenvalue weighted by atomic mass is 79.9. The number of nitrogens with zero attached hydrogens (tertiary/aromatic N) is 5. The number of alkyl halides is 3. The number of aromatic nitrogens is 4. The molecule has 3 aromatic heterocycles. The Morgan fingerprint density at radius 3 is 2.76 bits per heavy atom. The number of para-hydroxylation sites is 1. The molecule has 0 aliphatic carbocycles. The zero-order chi connectivity index (χ0) is 24.0. The van der Waals surface area contributed by atoms with Crippen molar-refractivity contribution in [3.8, 4) is 11.5 Å². The van der Waals surface area contributed by atoms with Crippen LogP contribution in [0.2, 0.25) is 0 Å². The molecule has 1 saturated heterocycles. The number of benzene rings is 1. The van der Waals surface area contributed by atoms with Gasteiger partial charge in [0.2, 0.25) is 0 Å². The number of nitrogens with one attached hydrogen (secondary N) is 1. The molecule has 0 bridgehead atoms. The molecule has 34 heavy (non-hydrogen) atoms. The number of amides is 1. The Morgan fingerprint density at radius 2 is 2.00 bits per heavy atom. The van der Waals surface area contributed by atoms with E-state index in [4.69, 9.17) is 5.11 Å². The van der Waals surface area contributed by atoms with Crippen molar-refractivity contribution in [2.24, 2.45) is 0 Å². The van der Waals surface area contributed by atoms with Crippen molar-refractivity contribution < 1.29 is 23.1 Å². The maximum Gasteiger partial charge on any atom is 0.408 e. The molecule has 2 atom stereocenters. The number of hydrogen-bond acceptors (Lipinski definition) is 5. The summed E-state index contributed by atoms with van der Waals surface area (Å²) in [6.45, 7) is 0.0757. The molecule has 176 valence electrons. The van der Waals surface area contributed by atoms with E-state index in [1.165, 1.54) is 27.6 Å². The molecule has 2 N–H and O–H groups in total. The van der Waals surface area contributed by atoms with Crippen molar-refractivity contribution in [2.75, 3.05) is 13.1 Å². The van der Waals surface area contributed by atoms with Crippen LogP contribution >= 0.6 is 15.9 Å². The Bertz CT molecular complexity index is 1390. The number of carboxylic acid groups (broad SMARTS) is 1. The largest absolute Gasteiger partial charge is 0.465 e. The fourth-order valence-corrected chi connectivity index (χ4v) is 4.87. The van der Waals surface area contributed by atoms with Crippen molar-refractivity contribution in [2.45, 2.75) is 24.7 Å². The first-order chi connectivity index (χ1) is 16.2. The summed E-state index contributed by atoms with van der Waals surface area (Å²) in [5.41, 5.74) is 1.58. The Balaban J connectivity index is 1.55. The first-order valence-electron chi connectivity index (χ1n) is 10.4. The number of likely N-dealkylation sites (tertiary alicyclic amines) is 1. The van der Waals surface area contributed by atoms with Gasteiger partial charge in [0.15, 0.2) is 11.5 Å².